The van der Waals surface area contributed by atoms with Crippen LogP contribution in [0.1, 0.15) is 12.8 Å². The summed E-state index contributed by atoms with van der Waals surface area (Å²) in [5.74, 6) is -0.899. The summed E-state index contributed by atoms with van der Waals surface area (Å²) < 4.78 is 9.52. The molecule has 1 atom stereocenters. The number of ether oxygens (including phenoxy) is 2. The number of carbonyl (C=O) groups is 2. The zero-order chi connectivity index (χ0) is 16.2. The van der Waals surface area contributed by atoms with E-state index in [9.17, 15) is 9.59 Å². The van der Waals surface area contributed by atoms with Gasteiger partial charge in [0.2, 0.25) is 0 Å². The van der Waals surface area contributed by atoms with Crippen molar-refractivity contribution in [3.05, 3.63) is 36.4 Å². The molecule has 0 aromatic heterocycles. The molecule has 0 aliphatic carbocycles. The fourth-order valence-corrected chi connectivity index (χ4v) is 1.83. The van der Waals surface area contributed by atoms with Gasteiger partial charge < -0.3 is 19.9 Å². The highest BCUT2D eigenvalue weighted by molar-refractivity contribution is 5.72. The van der Waals surface area contributed by atoms with Crippen LogP contribution in [0, 0.1) is 5.92 Å². The number of benzene rings is 1. The zero-order valence-corrected chi connectivity index (χ0v) is 12.7. The van der Waals surface area contributed by atoms with Crippen molar-refractivity contribution in [2.75, 3.05) is 26.9 Å². The van der Waals surface area contributed by atoms with Gasteiger partial charge in [0, 0.05) is 18.5 Å². The Morgan fingerprint density at radius 3 is 2.09 bits per heavy atom. The third kappa shape index (κ3) is 8.39. The number of rotatable bonds is 7. The number of carbonyl (C=O) groups excluding carboxylic acids is 1. The van der Waals surface area contributed by atoms with E-state index < -0.39 is 11.9 Å². The van der Waals surface area contributed by atoms with Crippen LogP contribution >= 0.6 is 0 Å². The molecule has 1 aromatic carbocycles. The van der Waals surface area contributed by atoms with E-state index >= 15 is 0 Å². The lowest BCUT2D eigenvalue weighted by atomic mass is 10.1. The molecular weight excluding hydrogens is 286 g/mol. The van der Waals surface area contributed by atoms with Gasteiger partial charge in [-0.1, -0.05) is 36.4 Å². The van der Waals surface area contributed by atoms with Crippen LogP contribution in [0.15, 0.2) is 36.4 Å². The SMILES string of the molecule is COC(=O)CC(CC(=O)O)NCC1COC1.c1ccccc1. The number of carboxylic acids is 1. The number of hydrogen-bond acceptors (Lipinski definition) is 5. The lowest BCUT2D eigenvalue weighted by Gasteiger charge is -2.28. The van der Waals surface area contributed by atoms with Crippen LogP contribution < -0.4 is 5.32 Å². The molecule has 1 aromatic rings. The lowest BCUT2D eigenvalue weighted by molar-refractivity contribution is -0.142. The average Bonchev–Trinajstić information content (AvgIpc) is 2.47. The van der Waals surface area contributed by atoms with Crippen LogP contribution in [0.3, 0.4) is 0 Å². The fourth-order valence-electron chi connectivity index (χ4n) is 1.83. The van der Waals surface area contributed by atoms with Gasteiger partial charge in [0.1, 0.15) is 0 Å². The highest BCUT2D eigenvalue weighted by Crippen LogP contribution is 2.09. The van der Waals surface area contributed by atoms with Gasteiger partial charge in [0.05, 0.1) is 33.2 Å². The molecular formula is C16H23NO5. The van der Waals surface area contributed by atoms with Gasteiger partial charge in [0.15, 0.2) is 0 Å². The first-order valence-electron chi connectivity index (χ1n) is 7.21. The van der Waals surface area contributed by atoms with Crippen LogP contribution in [0.5, 0.6) is 0 Å². The van der Waals surface area contributed by atoms with Crippen LogP contribution in [0.4, 0.5) is 0 Å². The molecule has 1 fully saturated rings. The standard InChI is InChI=1S/C10H17NO5.C6H6/c1-15-10(14)3-8(2-9(12)13)11-4-7-5-16-6-7;1-2-4-6-5-3-1/h7-8,11H,2-6H2,1H3,(H,12,13);1-6H. The number of hydrogen-bond donors (Lipinski definition) is 2. The van der Waals surface area contributed by atoms with Crippen LogP contribution in [-0.2, 0) is 19.1 Å². The van der Waals surface area contributed by atoms with Crippen molar-refractivity contribution in [3.63, 3.8) is 0 Å². The summed E-state index contributed by atoms with van der Waals surface area (Å²) in [6, 6.07) is 11.6. The monoisotopic (exact) mass is 309 g/mol. The largest absolute Gasteiger partial charge is 0.481 e. The molecule has 6 heteroatoms. The average molecular weight is 309 g/mol. The molecule has 1 saturated heterocycles. The first-order valence-corrected chi connectivity index (χ1v) is 7.21. The lowest BCUT2D eigenvalue weighted by Crippen LogP contribution is -2.42. The first-order chi connectivity index (χ1) is 10.6. The van der Waals surface area contributed by atoms with E-state index in [1.165, 1.54) is 7.11 Å². The Balaban J connectivity index is 0.000000335. The van der Waals surface area contributed by atoms with E-state index in [1.54, 1.807) is 0 Å². The summed E-state index contributed by atoms with van der Waals surface area (Å²) >= 11 is 0. The van der Waals surface area contributed by atoms with Gasteiger partial charge in [-0.3, -0.25) is 9.59 Å². The van der Waals surface area contributed by atoms with E-state index in [1.807, 2.05) is 36.4 Å². The minimum absolute atomic E-state index is 0.0797. The van der Waals surface area contributed by atoms with Crippen molar-refractivity contribution in [3.8, 4) is 0 Å². The molecule has 22 heavy (non-hydrogen) atoms. The maximum Gasteiger partial charge on any atom is 0.307 e. The number of esters is 1. The maximum atomic E-state index is 11.1. The van der Waals surface area contributed by atoms with Gasteiger partial charge in [0.25, 0.3) is 0 Å². The van der Waals surface area contributed by atoms with Gasteiger partial charge in [-0.2, -0.15) is 0 Å². The molecule has 1 aliphatic heterocycles. The molecule has 1 aliphatic rings. The summed E-state index contributed by atoms with van der Waals surface area (Å²) in [6.45, 7) is 2.07. The number of carboxylic acid groups (broad SMARTS) is 1. The molecule has 2 rings (SSSR count). The quantitative estimate of drug-likeness (QED) is 0.739. The Bertz CT molecular complexity index is 407. The van der Waals surface area contributed by atoms with Crippen LogP contribution in [0.2, 0.25) is 0 Å². The van der Waals surface area contributed by atoms with Crippen LogP contribution in [-0.4, -0.2) is 50.0 Å². The fraction of sp³-hybridized carbons (Fsp3) is 0.500. The van der Waals surface area contributed by atoms with E-state index in [0.29, 0.717) is 25.7 Å². The van der Waals surface area contributed by atoms with Gasteiger partial charge in [-0.05, 0) is 0 Å². The predicted octanol–water partition coefficient (Wildman–Crippen LogP) is 1.32. The van der Waals surface area contributed by atoms with Crippen molar-refractivity contribution in [1.82, 2.24) is 5.32 Å². The van der Waals surface area contributed by atoms with Gasteiger partial charge in [-0.25, -0.2) is 0 Å². The summed E-state index contributed by atoms with van der Waals surface area (Å²) in [6.07, 6.45) is -0.000938. The number of aliphatic carboxylic acids is 1. The summed E-state index contributed by atoms with van der Waals surface area (Å²) in [5, 5.41) is 11.7. The predicted molar refractivity (Wildman–Crippen MR) is 81.4 cm³/mol. The Morgan fingerprint density at radius 1 is 1.18 bits per heavy atom. The summed E-state index contributed by atoms with van der Waals surface area (Å²) in [4.78, 5) is 21.6. The Hall–Kier alpha value is -1.92. The summed E-state index contributed by atoms with van der Waals surface area (Å²) in [5.41, 5.74) is 0. The second-order valence-electron chi connectivity index (χ2n) is 5.04. The Kier molecular flexibility index (Phi) is 8.86. The van der Waals surface area contributed by atoms with Crippen molar-refractivity contribution in [1.29, 1.82) is 0 Å². The Labute approximate surface area is 130 Å². The molecule has 0 radical (unpaired) electrons. The third-order valence-corrected chi connectivity index (χ3v) is 3.13. The smallest absolute Gasteiger partial charge is 0.307 e. The molecule has 0 spiro atoms. The van der Waals surface area contributed by atoms with Gasteiger partial charge >= 0.3 is 11.9 Å². The molecule has 2 N–H and O–H groups in total. The van der Waals surface area contributed by atoms with Crippen molar-refractivity contribution < 1.29 is 24.2 Å². The number of methoxy groups -OCH3 is 1. The minimum atomic E-state index is -0.925. The molecule has 6 nitrogen and oxygen atoms in total. The van der Waals surface area contributed by atoms with E-state index in [-0.39, 0.29) is 18.9 Å². The molecule has 0 bridgehead atoms. The second kappa shape index (κ2) is 10.8. The summed E-state index contributed by atoms with van der Waals surface area (Å²) in [7, 11) is 1.29. The third-order valence-electron chi connectivity index (χ3n) is 3.13. The van der Waals surface area contributed by atoms with Crippen molar-refractivity contribution >= 4 is 11.9 Å². The van der Waals surface area contributed by atoms with E-state index in [0.717, 1.165) is 0 Å². The molecule has 0 saturated carbocycles. The maximum absolute atomic E-state index is 11.1. The topological polar surface area (TPSA) is 84.9 Å². The highest BCUT2D eigenvalue weighted by atomic mass is 16.5. The van der Waals surface area contributed by atoms with E-state index in [4.69, 9.17) is 9.84 Å². The van der Waals surface area contributed by atoms with Crippen molar-refractivity contribution in [2.45, 2.75) is 18.9 Å². The second-order valence-corrected chi connectivity index (χ2v) is 5.04. The molecule has 1 heterocycles. The normalized spacial score (nSPS) is 15.0. The zero-order valence-electron chi connectivity index (χ0n) is 12.7. The first kappa shape index (κ1) is 18.1. The van der Waals surface area contributed by atoms with Crippen LogP contribution in [0.25, 0.3) is 0 Å². The Morgan fingerprint density at radius 2 is 1.73 bits per heavy atom. The molecule has 0 amide bonds. The number of nitrogens with one attached hydrogen (secondary N) is 1. The van der Waals surface area contributed by atoms with Crippen molar-refractivity contribution in [2.24, 2.45) is 5.92 Å². The van der Waals surface area contributed by atoms with Gasteiger partial charge in [-0.15, -0.1) is 0 Å². The minimum Gasteiger partial charge on any atom is -0.481 e. The molecule has 1 unspecified atom stereocenters. The molecule has 122 valence electrons. The van der Waals surface area contributed by atoms with E-state index in [2.05, 4.69) is 10.1 Å². The highest BCUT2D eigenvalue weighted by Gasteiger charge is 2.22.